The number of hydrogen-bond donors (Lipinski definition) is 2. The average molecular weight is 309 g/mol. The summed E-state index contributed by atoms with van der Waals surface area (Å²) in [7, 11) is 0. The Morgan fingerprint density at radius 3 is 2.65 bits per heavy atom. The van der Waals surface area contributed by atoms with E-state index in [2.05, 4.69) is 10.4 Å². The molecule has 0 aliphatic heterocycles. The van der Waals surface area contributed by atoms with Crippen LogP contribution in [0.2, 0.25) is 5.15 Å². The normalized spacial score (nSPS) is 15.1. The lowest BCUT2D eigenvalue weighted by molar-refractivity contribution is -0.141. The first-order valence-electron chi connectivity index (χ1n) is 5.82. The quantitative estimate of drug-likeness (QED) is 0.508. The molecule has 3 N–H and O–H groups in total. The molecular weight excluding hydrogens is 297 g/mol. The van der Waals surface area contributed by atoms with Gasteiger partial charge in [-0.3, -0.25) is 4.79 Å². The number of carbonyl (C=O) groups is 1. The van der Waals surface area contributed by atoms with Crippen LogP contribution in [0.25, 0.3) is 0 Å². The molecule has 0 atom stereocenters. The van der Waals surface area contributed by atoms with E-state index in [9.17, 15) is 18.0 Å². The molecule has 5 nitrogen and oxygen atoms in total. The van der Waals surface area contributed by atoms with Crippen LogP contribution in [-0.2, 0) is 0 Å². The summed E-state index contributed by atoms with van der Waals surface area (Å²) in [5.41, 5.74) is 2.23. The van der Waals surface area contributed by atoms with Crippen molar-refractivity contribution in [2.75, 3.05) is 12.0 Å². The van der Waals surface area contributed by atoms with Crippen molar-refractivity contribution >= 4 is 23.3 Å². The average Bonchev–Trinajstić information content (AvgIpc) is 3.17. The Morgan fingerprint density at radius 2 is 2.15 bits per heavy atom. The van der Waals surface area contributed by atoms with Crippen molar-refractivity contribution in [3.05, 3.63) is 22.8 Å². The second-order valence-corrected chi connectivity index (χ2v) is 4.87. The highest BCUT2D eigenvalue weighted by atomic mass is 35.5. The zero-order valence-corrected chi connectivity index (χ0v) is 11.0. The summed E-state index contributed by atoms with van der Waals surface area (Å²) in [6.45, 7) is -1.28. The van der Waals surface area contributed by atoms with E-state index in [1.54, 1.807) is 0 Å². The van der Waals surface area contributed by atoms with E-state index in [0.717, 1.165) is 4.90 Å². The number of halogens is 4. The fourth-order valence-corrected chi connectivity index (χ4v) is 2.01. The zero-order chi connectivity index (χ0) is 14.9. The highest BCUT2D eigenvalue weighted by Gasteiger charge is 2.41. The smallest absolute Gasteiger partial charge is 0.327 e. The molecule has 1 aliphatic rings. The molecule has 20 heavy (non-hydrogen) atoms. The van der Waals surface area contributed by atoms with Gasteiger partial charge in [-0.25, -0.2) is 10.8 Å². The lowest BCUT2D eigenvalue weighted by Crippen LogP contribution is -2.40. The zero-order valence-electron chi connectivity index (χ0n) is 10.2. The third-order valence-electron chi connectivity index (χ3n) is 2.79. The van der Waals surface area contributed by atoms with Gasteiger partial charge < -0.3 is 10.3 Å². The molecule has 1 fully saturated rings. The van der Waals surface area contributed by atoms with Gasteiger partial charge in [0, 0.05) is 11.6 Å². The van der Waals surface area contributed by atoms with E-state index in [1.807, 2.05) is 0 Å². The number of nitrogens with one attached hydrogen (secondary N) is 1. The number of anilines is 1. The monoisotopic (exact) mass is 308 g/mol. The van der Waals surface area contributed by atoms with Gasteiger partial charge >= 0.3 is 6.18 Å². The topological polar surface area (TPSA) is 71.2 Å². The molecule has 9 heteroatoms. The van der Waals surface area contributed by atoms with Crippen molar-refractivity contribution in [3.63, 3.8) is 0 Å². The minimum Gasteiger partial charge on any atom is -0.327 e. The standard InChI is InChI=1S/C11H12ClF3N4O/c12-8-3-6(4-9(17-8)18-16)10(20)19(7-1-2-7)5-11(13,14)15/h3-4,7H,1-2,5,16H2,(H,17,18). The third kappa shape index (κ3) is 3.73. The molecule has 0 bridgehead atoms. The van der Waals surface area contributed by atoms with Gasteiger partial charge in [0.2, 0.25) is 0 Å². The van der Waals surface area contributed by atoms with Crippen molar-refractivity contribution in [1.82, 2.24) is 9.88 Å². The van der Waals surface area contributed by atoms with Gasteiger partial charge in [0.25, 0.3) is 5.91 Å². The van der Waals surface area contributed by atoms with E-state index in [1.165, 1.54) is 12.1 Å². The number of aromatic nitrogens is 1. The molecule has 0 saturated heterocycles. The van der Waals surface area contributed by atoms with E-state index < -0.39 is 18.6 Å². The Balaban J connectivity index is 2.25. The molecule has 1 amide bonds. The number of rotatable bonds is 4. The molecular formula is C11H12ClF3N4O. The minimum absolute atomic E-state index is 0.0217. The maximum Gasteiger partial charge on any atom is 0.406 e. The number of carbonyl (C=O) groups excluding carboxylic acids is 1. The van der Waals surface area contributed by atoms with E-state index in [-0.39, 0.29) is 22.6 Å². The van der Waals surface area contributed by atoms with Crippen molar-refractivity contribution < 1.29 is 18.0 Å². The molecule has 1 saturated carbocycles. The maximum atomic E-state index is 12.5. The summed E-state index contributed by atoms with van der Waals surface area (Å²) in [6.07, 6.45) is -3.30. The van der Waals surface area contributed by atoms with Crippen LogP contribution in [0.1, 0.15) is 23.2 Å². The number of nitrogens with zero attached hydrogens (tertiary/aromatic N) is 2. The Morgan fingerprint density at radius 1 is 1.50 bits per heavy atom. The second kappa shape index (κ2) is 5.45. The largest absolute Gasteiger partial charge is 0.406 e. The highest BCUT2D eigenvalue weighted by molar-refractivity contribution is 6.29. The van der Waals surface area contributed by atoms with Crippen LogP contribution in [0.5, 0.6) is 0 Å². The third-order valence-corrected chi connectivity index (χ3v) is 2.98. The summed E-state index contributed by atoms with van der Waals surface area (Å²) < 4.78 is 37.6. The Labute approximate surface area is 117 Å². The molecule has 110 valence electrons. The molecule has 1 aromatic heterocycles. The maximum absolute atomic E-state index is 12.5. The fraction of sp³-hybridized carbons (Fsp3) is 0.455. The van der Waals surface area contributed by atoms with Crippen LogP contribution >= 0.6 is 11.6 Å². The van der Waals surface area contributed by atoms with Crippen LogP contribution in [0.4, 0.5) is 19.0 Å². The summed E-state index contributed by atoms with van der Waals surface area (Å²) in [6, 6.07) is 2.11. The minimum atomic E-state index is -4.44. The van der Waals surface area contributed by atoms with Crippen molar-refractivity contribution in [3.8, 4) is 0 Å². The predicted molar refractivity (Wildman–Crippen MR) is 67.2 cm³/mol. The van der Waals surface area contributed by atoms with Gasteiger partial charge in [-0.05, 0) is 25.0 Å². The first-order chi connectivity index (χ1) is 9.30. The van der Waals surface area contributed by atoms with E-state index in [4.69, 9.17) is 17.4 Å². The van der Waals surface area contributed by atoms with Crippen molar-refractivity contribution in [2.24, 2.45) is 5.84 Å². The molecule has 0 radical (unpaired) electrons. The number of hydrazine groups is 1. The lowest BCUT2D eigenvalue weighted by atomic mass is 10.2. The van der Waals surface area contributed by atoms with Crippen LogP contribution in [-0.4, -0.2) is 34.6 Å². The molecule has 1 aromatic rings. The van der Waals surface area contributed by atoms with Crippen LogP contribution < -0.4 is 11.3 Å². The Hall–Kier alpha value is -1.54. The molecule has 0 spiro atoms. The number of amides is 1. The molecule has 1 aliphatic carbocycles. The number of alkyl halides is 3. The van der Waals surface area contributed by atoms with Gasteiger partial charge in [0.15, 0.2) is 0 Å². The molecule has 0 unspecified atom stereocenters. The van der Waals surface area contributed by atoms with Gasteiger partial charge in [0.05, 0.1) is 0 Å². The SMILES string of the molecule is NNc1cc(C(=O)N(CC(F)(F)F)C2CC2)cc(Cl)n1. The summed E-state index contributed by atoms with van der Waals surface area (Å²) in [5.74, 6) is 4.55. The predicted octanol–water partition coefficient (Wildman–Crippen LogP) is 2.19. The number of hydrogen-bond acceptors (Lipinski definition) is 4. The van der Waals surface area contributed by atoms with Crippen molar-refractivity contribution in [1.29, 1.82) is 0 Å². The van der Waals surface area contributed by atoms with Gasteiger partial charge in [0.1, 0.15) is 17.5 Å². The fourth-order valence-electron chi connectivity index (χ4n) is 1.81. The number of nitrogen functional groups attached to an aromatic ring is 1. The second-order valence-electron chi connectivity index (χ2n) is 4.49. The van der Waals surface area contributed by atoms with Crippen LogP contribution in [0.15, 0.2) is 12.1 Å². The van der Waals surface area contributed by atoms with E-state index >= 15 is 0 Å². The highest BCUT2D eigenvalue weighted by Crippen LogP contribution is 2.31. The summed E-state index contributed by atoms with van der Waals surface area (Å²) in [5, 5.41) is -0.0217. The first kappa shape index (κ1) is 14.9. The van der Waals surface area contributed by atoms with Crippen LogP contribution in [0.3, 0.4) is 0 Å². The van der Waals surface area contributed by atoms with Gasteiger partial charge in [-0.1, -0.05) is 11.6 Å². The van der Waals surface area contributed by atoms with Crippen LogP contribution in [0, 0.1) is 0 Å². The number of nitrogens with two attached hydrogens (primary N) is 1. The molecule has 1 heterocycles. The van der Waals surface area contributed by atoms with Gasteiger partial charge in [-0.15, -0.1) is 0 Å². The summed E-state index contributed by atoms with van der Waals surface area (Å²) >= 11 is 5.71. The van der Waals surface area contributed by atoms with E-state index in [0.29, 0.717) is 12.8 Å². The molecule has 2 rings (SSSR count). The Kier molecular flexibility index (Phi) is 4.05. The molecule has 0 aromatic carbocycles. The lowest BCUT2D eigenvalue weighted by Gasteiger charge is -2.24. The van der Waals surface area contributed by atoms with Crippen molar-refractivity contribution in [2.45, 2.75) is 25.1 Å². The number of pyridine rings is 1. The summed E-state index contributed by atoms with van der Waals surface area (Å²) in [4.78, 5) is 16.8. The van der Waals surface area contributed by atoms with Gasteiger partial charge in [-0.2, -0.15) is 13.2 Å². The first-order valence-corrected chi connectivity index (χ1v) is 6.20. The Bertz CT molecular complexity index is 519.